The third kappa shape index (κ3) is 5.21. The van der Waals surface area contributed by atoms with Gasteiger partial charge in [0, 0.05) is 12.7 Å². The van der Waals surface area contributed by atoms with Crippen LogP contribution in [0.5, 0.6) is 5.88 Å². The van der Waals surface area contributed by atoms with Crippen LogP contribution in [-0.2, 0) is 6.54 Å². The Bertz CT molecular complexity index is 835. The second-order valence-corrected chi connectivity index (χ2v) is 6.02. The zero-order valence-corrected chi connectivity index (χ0v) is 16.2. The first kappa shape index (κ1) is 22.0. The normalized spacial score (nSPS) is 10.3. The Kier molecular flexibility index (Phi) is 8.08. The third-order valence-corrected chi connectivity index (χ3v) is 3.87. The van der Waals surface area contributed by atoms with Gasteiger partial charge in [0.15, 0.2) is 0 Å². The Hall–Kier alpha value is -2.08. The van der Waals surface area contributed by atoms with Gasteiger partial charge >= 0.3 is 0 Å². The molecule has 0 saturated heterocycles. The van der Waals surface area contributed by atoms with Gasteiger partial charge in [0.2, 0.25) is 5.88 Å². The first-order chi connectivity index (χ1) is 11.5. The van der Waals surface area contributed by atoms with Gasteiger partial charge in [-0.25, -0.2) is 4.39 Å². The van der Waals surface area contributed by atoms with Crippen LogP contribution in [0.15, 0.2) is 54.7 Å². The molecule has 0 aliphatic heterocycles. The molecule has 0 atom stereocenters. The van der Waals surface area contributed by atoms with Crippen LogP contribution in [0.4, 0.5) is 4.39 Å². The lowest BCUT2D eigenvalue weighted by atomic mass is 10.0. The van der Waals surface area contributed by atoms with Gasteiger partial charge in [0.1, 0.15) is 5.82 Å². The maximum absolute atomic E-state index is 13.1. The van der Waals surface area contributed by atoms with Crippen molar-refractivity contribution in [2.24, 2.45) is 0 Å². The molecule has 1 N–H and O–H groups in total. The highest BCUT2D eigenvalue weighted by molar-refractivity contribution is 5.85. The molecule has 0 aliphatic carbocycles. The lowest BCUT2D eigenvalue weighted by Crippen LogP contribution is -2.18. The standard InChI is InChI=1S/C19H20FN3O.2ClH/c1-22(2)10-11-23-13-18(19(24)21-23)16-5-3-4-15(12-16)14-6-8-17(20)9-7-14;;/h3-9,12-13H,10-11H2,1-2H3,(H,21,24);2*1H. The average Bonchev–Trinajstić information content (AvgIpc) is 2.95. The van der Waals surface area contributed by atoms with Gasteiger partial charge < -0.3 is 10.0 Å². The van der Waals surface area contributed by atoms with Crippen molar-refractivity contribution >= 4 is 24.8 Å². The number of nitrogens with zero attached hydrogens (tertiary/aromatic N) is 3. The van der Waals surface area contributed by atoms with Crippen LogP contribution < -0.4 is 0 Å². The summed E-state index contributed by atoms with van der Waals surface area (Å²) in [5.74, 6) is -0.236. The van der Waals surface area contributed by atoms with Crippen molar-refractivity contribution < 1.29 is 9.50 Å². The first-order valence-corrected chi connectivity index (χ1v) is 7.80. The van der Waals surface area contributed by atoms with E-state index in [4.69, 9.17) is 0 Å². The molecular weight excluding hydrogens is 376 g/mol. The molecule has 0 amide bonds. The number of hydrogen-bond acceptors (Lipinski definition) is 3. The highest BCUT2D eigenvalue weighted by Gasteiger charge is 2.11. The number of hydrogen-bond donors (Lipinski definition) is 1. The summed E-state index contributed by atoms with van der Waals surface area (Å²) in [7, 11) is 3.99. The second kappa shape index (κ2) is 9.57. The van der Waals surface area contributed by atoms with Crippen LogP contribution in [0, 0.1) is 5.82 Å². The van der Waals surface area contributed by atoms with E-state index in [9.17, 15) is 9.50 Å². The molecule has 3 rings (SSSR count). The Labute approximate surface area is 165 Å². The van der Waals surface area contributed by atoms with Crippen molar-refractivity contribution in [2.75, 3.05) is 20.6 Å². The molecule has 0 spiro atoms. The minimum atomic E-state index is -0.255. The van der Waals surface area contributed by atoms with Gasteiger partial charge in [-0.05, 0) is 49.0 Å². The molecule has 140 valence electrons. The number of aromatic nitrogens is 2. The maximum atomic E-state index is 13.1. The molecule has 2 aromatic carbocycles. The lowest BCUT2D eigenvalue weighted by molar-refractivity contribution is 0.365. The number of rotatable bonds is 5. The smallest absolute Gasteiger partial charge is 0.238 e. The molecule has 0 unspecified atom stereocenters. The van der Waals surface area contributed by atoms with Gasteiger partial charge in [-0.15, -0.1) is 29.9 Å². The molecule has 7 heteroatoms. The van der Waals surface area contributed by atoms with Crippen LogP contribution in [0.3, 0.4) is 0 Å². The van der Waals surface area contributed by atoms with Gasteiger partial charge in [0.25, 0.3) is 0 Å². The summed E-state index contributed by atoms with van der Waals surface area (Å²) in [4.78, 5) is 2.06. The number of benzene rings is 2. The van der Waals surface area contributed by atoms with E-state index in [0.717, 1.165) is 23.2 Å². The molecule has 1 aromatic heterocycles. The maximum Gasteiger partial charge on any atom is 0.238 e. The predicted molar refractivity (Wildman–Crippen MR) is 108 cm³/mol. The van der Waals surface area contributed by atoms with E-state index in [1.54, 1.807) is 16.8 Å². The molecule has 0 fully saturated rings. The summed E-state index contributed by atoms with van der Waals surface area (Å²) in [5, 5.41) is 14.3. The first-order valence-electron chi connectivity index (χ1n) is 7.80. The van der Waals surface area contributed by atoms with Crippen molar-refractivity contribution in [1.82, 2.24) is 14.7 Å². The lowest BCUT2D eigenvalue weighted by Gasteiger charge is -2.08. The van der Waals surface area contributed by atoms with E-state index in [-0.39, 0.29) is 36.5 Å². The summed E-state index contributed by atoms with van der Waals surface area (Å²) >= 11 is 0. The van der Waals surface area contributed by atoms with Gasteiger partial charge in [0.05, 0.1) is 12.1 Å². The SMILES string of the molecule is CN(C)CCn1cc(-c2cccc(-c3ccc(F)cc3)c2)c(O)n1.Cl.Cl. The fourth-order valence-corrected chi connectivity index (χ4v) is 2.54. The molecule has 3 aromatic rings. The van der Waals surface area contributed by atoms with E-state index < -0.39 is 0 Å². The molecule has 4 nitrogen and oxygen atoms in total. The van der Waals surface area contributed by atoms with E-state index in [1.807, 2.05) is 44.6 Å². The van der Waals surface area contributed by atoms with Crippen LogP contribution in [0.2, 0.25) is 0 Å². The fourth-order valence-electron chi connectivity index (χ4n) is 2.54. The van der Waals surface area contributed by atoms with E-state index in [0.29, 0.717) is 12.1 Å². The Morgan fingerprint density at radius 1 is 1.00 bits per heavy atom. The van der Waals surface area contributed by atoms with Crippen molar-refractivity contribution in [1.29, 1.82) is 0 Å². The highest BCUT2D eigenvalue weighted by atomic mass is 35.5. The number of aromatic hydroxyl groups is 1. The summed E-state index contributed by atoms with van der Waals surface area (Å²) in [6.07, 6.45) is 1.85. The average molecular weight is 398 g/mol. The zero-order valence-electron chi connectivity index (χ0n) is 14.6. The predicted octanol–water partition coefficient (Wildman–Crippen LogP) is 4.47. The van der Waals surface area contributed by atoms with Crippen molar-refractivity contribution in [3.05, 3.63) is 60.5 Å². The van der Waals surface area contributed by atoms with Crippen molar-refractivity contribution in [2.45, 2.75) is 6.54 Å². The summed E-state index contributed by atoms with van der Waals surface area (Å²) in [6, 6.07) is 14.2. The molecule has 26 heavy (non-hydrogen) atoms. The van der Waals surface area contributed by atoms with Crippen molar-refractivity contribution in [3.8, 4) is 28.1 Å². The minimum Gasteiger partial charge on any atom is -0.492 e. The zero-order chi connectivity index (χ0) is 17.1. The topological polar surface area (TPSA) is 41.3 Å². The minimum absolute atomic E-state index is 0. The highest BCUT2D eigenvalue weighted by Crippen LogP contribution is 2.31. The Morgan fingerprint density at radius 3 is 2.31 bits per heavy atom. The summed E-state index contributed by atoms with van der Waals surface area (Å²) in [5.41, 5.74) is 3.47. The molecular formula is C19H22Cl2FN3O. The summed E-state index contributed by atoms with van der Waals surface area (Å²) in [6.45, 7) is 1.55. The quantitative estimate of drug-likeness (QED) is 0.690. The number of halogens is 3. The third-order valence-electron chi connectivity index (χ3n) is 3.87. The molecule has 0 saturated carbocycles. The Balaban J connectivity index is 0.00000169. The van der Waals surface area contributed by atoms with E-state index >= 15 is 0 Å². The van der Waals surface area contributed by atoms with Gasteiger partial charge in [-0.3, -0.25) is 4.68 Å². The van der Waals surface area contributed by atoms with Crippen LogP contribution in [0.25, 0.3) is 22.3 Å². The largest absolute Gasteiger partial charge is 0.492 e. The van der Waals surface area contributed by atoms with E-state index in [1.165, 1.54) is 12.1 Å². The van der Waals surface area contributed by atoms with Crippen LogP contribution >= 0.6 is 24.8 Å². The molecule has 0 radical (unpaired) electrons. The molecule has 0 bridgehead atoms. The van der Waals surface area contributed by atoms with Crippen molar-refractivity contribution in [3.63, 3.8) is 0 Å². The van der Waals surface area contributed by atoms with Crippen LogP contribution in [0.1, 0.15) is 0 Å². The van der Waals surface area contributed by atoms with E-state index in [2.05, 4.69) is 10.00 Å². The fraction of sp³-hybridized carbons (Fsp3) is 0.211. The second-order valence-electron chi connectivity index (χ2n) is 6.02. The monoisotopic (exact) mass is 397 g/mol. The van der Waals surface area contributed by atoms with Crippen LogP contribution in [-0.4, -0.2) is 40.4 Å². The molecule has 0 aliphatic rings. The summed E-state index contributed by atoms with van der Waals surface area (Å²) < 4.78 is 14.8. The molecule has 1 heterocycles. The van der Waals surface area contributed by atoms with Gasteiger partial charge in [-0.2, -0.15) is 0 Å². The number of likely N-dealkylation sites (N-methyl/N-ethyl adjacent to an activating group) is 1. The Morgan fingerprint density at radius 2 is 1.65 bits per heavy atom. The van der Waals surface area contributed by atoms with Gasteiger partial charge in [-0.1, -0.05) is 30.3 Å².